The molecule has 5 heteroatoms. The van der Waals surface area contributed by atoms with E-state index in [4.69, 9.17) is 0 Å². The van der Waals surface area contributed by atoms with Gasteiger partial charge < -0.3 is 15.1 Å². The van der Waals surface area contributed by atoms with Gasteiger partial charge in [-0.25, -0.2) is 4.79 Å². The number of urea groups is 1. The predicted octanol–water partition coefficient (Wildman–Crippen LogP) is 3.41. The molecule has 1 heterocycles. The van der Waals surface area contributed by atoms with Crippen LogP contribution in [-0.4, -0.2) is 56.1 Å². The van der Waals surface area contributed by atoms with E-state index in [1.54, 1.807) is 0 Å². The van der Waals surface area contributed by atoms with E-state index in [2.05, 4.69) is 41.4 Å². The van der Waals surface area contributed by atoms with Gasteiger partial charge in [-0.3, -0.25) is 4.90 Å². The van der Waals surface area contributed by atoms with E-state index in [9.17, 15) is 4.79 Å². The fraction of sp³-hybridized carbons (Fsp3) is 0.381. The minimum Gasteiger partial charge on any atom is -0.378 e. The van der Waals surface area contributed by atoms with Gasteiger partial charge in [0.15, 0.2) is 0 Å². The van der Waals surface area contributed by atoms with E-state index < -0.39 is 0 Å². The van der Waals surface area contributed by atoms with Crippen LogP contribution < -0.4 is 10.2 Å². The topological polar surface area (TPSA) is 38.8 Å². The SMILES string of the molecule is Cc1cccc(CN2CCN(C(=O)Nc3ccc(N(C)C)cc3)CC2)c1. The summed E-state index contributed by atoms with van der Waals surface area (Å²) < 4.78 is 0. The Morgan fingerprint density at radius 1 is 1.04 bits per heavy atom. The van der Waals surface area contributed by atoms with Crippen molar-refractivity contribution < 1.29 is 4.79 Å². The van der Waals surface area contributed by atoms with Gasteiger partial charge >= 0.3 is 6.03 Å². The number of nitrogens with one attached hydrogen (secondary N) is 1. The summed E-state index contributed by atoms with van der Waals surface area (Å²) in [7, 11) is 4.01. The maximum atomic E-state index is 12.5. The first-order valence-corrected chi connectivity index (χ1v) is 9.12. The molecule has 1 fully saturated rings. The second kappa shape index (κ2) is 8.23. The number of anilines is 2. The number of rotatable bonds is 4. The van der Waals surface area contributed by atoms with E-state index in [0.29, 0.717) is 0 Å². The van der Waals surface area contributed by atoms with Crippen LogP contribution >= 0.6 is 0 Å². The number of benzene rings is 2. The summed E-state index contributed by atoms with van der Waals surface area (Å²) in [6.07, 6.45) is 0. The van der Waals surface area contributed by atoms with Crippen molar-refractivity contribution >= 4 is 17.4 Å². The largest absolute Gasteiger partial charge is 0.378 e. The number of hydrogen-bond donors (Lipinski definition) is 1. The van der Waals surface area contributed by atoms with Crippen LogP contribution in [0.4, 0.5) is 16.2 Å². The molecule has 2 amide bonds. The zero-order valence-corrected chi connectivity index (χ0v) is 15.9. The van der Waals surface area contributed by atoms with E-state index >= 15 is 0 Å². The summed E-state index contributed by atoms with van der Waals surface area (Å²) in [6.45, 7) is 6.39. The van der Waals surface area contributed by atoms with Crippen molar-refractivity contribution in [1.29, 1.82) is 0 Å². The van der Waals surface area contributed by atoms with Gasteiger partial charge in [-0.1, -0.05) is 29.8 Å². The van der Waals surface area contributed by atoms with Crippen LogP contribution in [0.3, 0.4) is 0 Å². The van der Waals surface area contributed by atoms with Crippen molar-refractivity contribution in [2.24, 2.45) is 0 Å². The first-order chi connectivity index (χ1) is 12.5. The zero-order chi connectivity index (χ0) is 18.5. The van der Waals surface area contributed by atoms with Crippen molar-refractivity contribution in [3.63, 3.8) is 0 Å². The first kappa shape index (κ1) is 18.3. The van der Waals surface area contributed by atoms with Crippen LogP contribution in [0.5, 0.6) is 0 Å². The van der Waals surface area contributed by atoms with Gasteiger partial charge in [0.05, 0.1) is 0 Å². The molecule has 1 N–H and O–H groups in total. The van der Waals surface area contributed by atoms with Crippen molar-refractivity contribution in [3.8, 4) is 0 Å². The van der Waals surface area contributed by atoms with Crippen molar-refractivity contribution in [2.45, 2.75) is 13.5 Å². The minimum atomic E-state index is -0.0159. The van der Waals surface area contributed by atoms with Gasteiger partial charge in [0.1, 0.15) is 0 Å². The quantitative estimate of drug-likeness (QED) is 0.916. The molecule has 1 aliphatic heterocycles. The lowest BCUT2D eigenvalue weighted by molar-refractivity contribution is 0.143. The molecular weight excluding hydrogens is 324 g/mol. The van der Waals surface area contributed by atoms with Crippen molar-refractivity contribution in [3.05, 3.63) is 59.7 Å². The highest BCUT2D eigenvalue weighted by molar-refractivity contribution is 5.89. The highest BCUT2D eigenvalue weighted by atomic mass is 16.2. The maximum absolute atomic E-state index is 12.5. The Morgan fingerprint density at radius 3 is 2.35 bits per heavy atom. The molecule has 0 unspecified atom stereocenters. The molecule has 1 aliphatic rings. The molecule has 0 aromatic heterocycles. The van der Waals surface area contributed by atoms with E-state index in [-0.39, 0.29) is 6.03 Å². The number of amides is 2. The normalized spacial score (nSPS) is 15.0. The molecule has 0 bridgehead atoms. The lowest BCUT2D eigenvalue weighted by Gasteiger charge is -2.34. The fourth-order valence-electron chi connectivity index (χ4n) is 3.22. The Hall–Kier alpha value is -2.53. The number of aryl methyl sites for hydroxylation is 1. The summed E-state index contributed by atoms with van der Waals surface area (Å²) in [5, 5.41) is 3.00. The summed E-state index contributed by atoms with van der Waals surface area (Å²) in [4.78, 5) is 18.8. The molecule has 26 heavy (non-hydrogen) atoms. The fourth-order valence-corrected chi connectivity index (χ4v) is 3.22. The number of carbonyl (C=O) groups is 1. The molecule has 2 aromatic carbocycles. The molecule has 1 saturated heterocycles. The van der Waals surface area contributed by atoms with E-state index in [1.165, 1.54) is 11.1 Å². The van der Waals surface area contributed by atoms with Crippen LogP contribution in [-0.2, 0) is 6.54 Å². The number of nitrogens with zero attached hydrogens (tertiary/aromatic N) is 3. The monoisotopic (exact) mass is 352 g/mol. The molecule has 0 radical (unpaired) electrons. The molecule has 0 aliphatic carbocycles. The number of carbonyl (C=O) groups excluding carboxylic acids is 1. The molecule has 0 saturated carbocycles. The Morgan fingerprint density at radius 2 is 1.73 bits per heavy atom. The summed E-state index contributed by atoms with van der Waals surface area (Å²) in [5.41, 5.74) is 4.58. The second-order valence-electron chi connectivity index (χ2n) is 7.12. The maximum Gasteiger partial charge on any atom is 0.321 e. The Balaban J connectivity index is 1.48. The van der Waals surface area contributed by atoms with Crippen LogP contribution in [0, 0.1) is 6.92 Å². The van der Waals surface area contributed by atoms with Gasteiger partial charge in [-0.2, -0.15) is 0 Å². The summed E-state index contributed by atoms with van der Waals surface area (Å²) >= 11 is 0. The molecule has 0 atom stereocenters. The van der Waals surface area contributed by atoms with Crippen LogP contribution in [0.2, 0.25) is 0 Å². The molecular formula is C21H28N4O. The zero-order valence-electron chi connectivity index (χ0n) is 15.9. The third kappa shape index (κ3) is 4.76. The second-order valence-corrected chi connectivity index (χ2v) is 7.12. The van der Waals surface area contributed by atoms with Crippen molar-refractivity contribution in [1.82, 2.24) is 9.80 Å². The summed E-state index contributed by atoms with van der Waals surface area (Å²) in [5.74, 6) is 0. The third-order valence-corrected chi connectivity index (χ3v) is 4.78. The number of piperazine rings is 1. The molecule has 3 rings (SSSR count). The van der Waals surface area contributed by atoms with Crippen LogP contribution in [0.25, 0.3) is 0 Å². The van der Waals surface area contributed by atoms with Gasteiger partial charge in [0.2, 0.25) is 0 Å². The molecule has 2 aromatic rings. The predicted molar refractivity (Wildman–Crippen MR) is 108 cm³/mol. The average Bonchev–Trinajstić information content (AvgIpc) is 2.63. The third-order valence-electron chi connectivity index (χ3n) is 4.78. The van der Waals surface area contributed by atoms with E-state index in [0.717, 1.165) is 44.1 Å². The summed E-state index contributed by atoms with van der Waals surface area (Å²) in [6, 6.07) is 16.5. The standard InChI is InChI=1S/C21H28N4O/c1-17-5-4-6-18(15-17)16-24-11-13-25(14-12-24)21(26)22-19-7-9-20(10-8-19)23(2)3/h4-10,15H,11-14,16H2,1-3H3,(H,22,26). The Bertz CT molecular complexity index is 734. The Labute approximate surface area is 156 Å². The molecule has 138 valence electrons. The van der Waals surface area contributed by atoms with E-state index in [1.807, 2.05) is 48.2 Å². The van der Waals surface area contributed by atoms with Gasteiger partial charge in [-0.15, -0.1) is 0 Å². The lowest BCUT2D eigenvalue weighted by Crippen LogP contribution is -2.49. The van der Waals surface area contributed by atoms with Crippen LogP contribution in [0.1, 0.15) is 11.1 Å². The van der Waals surface area contributed by atoms with Gasteiger partial charge in [0, 0.05) is 58.2 Å². The van der Waals surface area contributed by atoms with Crippen LogP contribution in [0.15, 0.2) is 48.5 Å². The lowest BCUT2D eigenvalue weighted by atomic mass is 10.1. The minimum absolute atomic E-state index is 0.0159. The molecule has 0 spiro atoms. The molecule has 5 nitrogen and oxygen atoms in total. The smallest absolute Gasteiger partial charge is 0.321 e. The van der Waals surface area contributed by atoms with Gasteiger partial charge in [0.25, 0.3) is 0 Å². The highest BCUT2D eigenvalue weighted by Gasteiger charge is 2.21. The highest BCUT2D eigenvalue weighted by Crippen LogP contribution is 2.17. The van der Waals surface area contributed by atoms with Crippen molar-refractivity contribution in [2.75, 3.05) is 50.5 Å². The van der Waals surface area contributed by atoms with Gasteiger partial charge in [-0.05, 0) is 36.8 Å². The Kier molecular flexibility index (Phi) is 5.78. The number of hydrogen-bond acceptors (Lipinski definition) is 3. The first-order valence-electron chi connectivity index (χ1n) is 9.12. The average molecular weight is 352 g/mol.